The Labute approximate surface area is 117 Å². The summed E-state index contributed by atoms with van der Waals surface area (Å²) in [6, 6.07) is 9.72. The van der Waals surface area contributed by atoms with Gasteiger partial charge in [-0.05, 0) is 38.1 Å². The number of benzene rings is 1. The van der Waals surface area contributed by atoms with E-state index in [0.717, 1.165) is 42.7 Å². The number of para-hydroxylation sites is 1. The highest BCUT2D eigenvalue weighted by Crippen LogP contribution is 2.21. The van der Waals surface area contributed by atoms with E-state index in [4.69, 9.17) is 5.73 Å². The first-order chi connectivity index (χ1) is 9.74. The SMILES string of the molecule is NC(=O)c1cc(NC2CCNCC2)nc2ccccc12. The lowest BCUT2D eigenvalue weighted by molar-refractivity contribution is 0.100. The van der Waals surface area contributed by atoms with E-state index in [-0.39, 0.29) is 0 Å². The minimum absolute atomic E-state index is 0.394. The van der Waals surface area contributed by atoms with E-state index in [1.807, 2.05) is 24.3 Å². The minimum Gasteiger partial charge on any atom is -0.367 e. The molecule has 5 heteroatoms. The van der Waals surface area contributed by atoms with Gasteiger partial charge in [-0.1, -0.05) is 18.2 Å². The van der Waals surface area contributed by atoms with E-state index >= 15 is 0 Å². The molecule has 0 radical (unpaired) electrons. The molecule has 1 saturated heterocycles. The summed E-state index contributed by atoms with van der Waals surface area (Å²) in [7, 11) is 0. The molecule has 5 nitrogen and oxygen atoms in total. The summed E-state index contributed by atoms with van der Waals surface area (Å²) in [4.78, 5) is 16.2. The molecule has 1 aliphatic rings. The third kappa shape index (κ3) is 2.58. The van der Waals surface area contributed by atoms with Crippen molar-refractivity contribution in [1.82, 2.24) is 10.3 Å². The predicted octanol–water partition coefficient (Wildman–Crippen LogP) is 1.50. The molecule has 0 aliphatic carbocycles. The lowest BCUT2D eigenvalue weighted by atomic mass is 10.1. The van der Waals surface area contributed by atoms with E-state index in [1.165, 1.54) is 0 Å². The summed E-state index contributed by atoms with van der Waals surface area (Å²) in [6.07, 6.45) is 2.11. The molecule has 20 heavy (non-hydrogen) atoms. The van der Waals surface area contributed by atoms with Gasteiger partial charge in [0, 0.05) is 11.4 Å². The van der Waals surface area contributed by atoms with Crippen molar-refractivity contribution in [1.29, 1.82) is 0 Å². The maximum absolute atomic E-state index is 11.6. The number of pyridine rings is 1. The highest BCUT2D eigenvalue weighted by atomic mass is 16.1. The second kappa shape index (κ2) is 5.46. The Morgan fingerprint density at radius 1 is 1.30 bits per heavy atom. The number of nitrogens with one attached hydrogen (secondary N) is 2. The fourth-order valence-corrected chi connectivity index (χ4v) is 2.63. The number of carbonyl (C=O) groups is 1. The van der Waals surface area contributed by atoms with Gasteiger partial charge in [-0.3, -0.25) is 4.79 Å². The van der Waals surface area contributed by atoms with Crippen LogP contribution in [0.2, 0.25) is 0 Å². The zero-order chi connectivity index (χ0) is 13.9. The lowest BCUT2D eigenvalue weighted by Crippen LogP contribution is -2.35. The van der Waals surface area contributed by atoms with Gasteiger partial charge < -0.3 is 16.4 Å². The van der Waals surface area contributed by atoms with Gasteiger partial charge in [-0.2, -0.15) is 0 Å². The summed E-state index contributed by atoms with van der Waals surface area (Å²) in [5.74, 6) is 0.307. The topological polar surface area (TPSA) is 80.0 Å². The van der Waals surface area contributed by atoms with Crippen LogP contribution in [0.4, 0.5) is 5.82 Å². The van der Waals surface area contributed by atoms with Crippen LogP contribution in [-0.2, 0) is 0 Å². The van der Waals surface area contributed by atoms with Crippen molar-refractivity contribution < 1.29 is 4.79 Å². The number of nitrogens with two attached hydrogens (primary N) is 1. The third-order valence-electron chi connectivity index (χ3n) is 3.67. The Hall–Kier alpha value is -2.14. The highest BCUT2D eigenvalue weighted by molar-refractivity contribution is 6.06. The minimum atomic E-state index is -0.419. The first kappa shape index (κ1) is 12.9. The van der Waals surface area contributed by atoms with Crippen LogP contribution in [0.3, 0.4) is 0 Å². The van der Waals surface area contributed by atoms with Crippen LogP contribution in [0.25, 0.3) is 10.9 Å². The largest absolute Gasteiger partial charge is 0.367 e. The van der Waals surface area contributed by atoms with Gasteiger partial charge in [-0.25, -0.2) is 4.98 Å². The molecule has 2 aromatic rings. The maximum Gasteiger partial charge on any atom is 0.249 e. The molecular formula is C15H18N4O. The normalized spacial score (nSPS) is 16.2. The number of rotatable bonds is 3. The van der Waals surface area contributed by atoms with Gasteiger partial charge in [0.25, 0.3) is 0 Å². The number of piperidine rings is 1. The van der Waals surface area contributed by atoms with Crippen LogP contribution in [0.15, 0.2) is 30.3 Å². The Kier molecular flexibility index (Phi) is 3.52. The average Bonchev–Trinajstić information content (AvgIpc) is 2.47. The van der Waals surface area contributed by atoms with Crippen molar-refractivity contribution in [3.05, 3.63) is 35.9 Å². The Morgan fingerprint density at radius 3 is 2.80 bits per heavy atom. The van der Waals surface area contributed by atoms with Crippen LogP contribution in [0.5, 0.6) is 0 Å². The predicted molar refractivity (Wildman–Crippen MR) is 79.8 cm³/mol. The van der Waals surface area contributed by atoms with Crippen LogP contribution in [0, 0.1) is 0 Å². The van der Waals surface area contributed by atoms with E-state index < -0.39 is 5.91 Å². The standard InChI is InChI=1S/C15H18N4O/c16-15(20)12-9-14(18-10-5-7-17-8-6-10)19-13-4-2-1-3-11(12)13/h1-4,9-10,17H,5-8H2,(H2,16,20)(H,18,19). The molecule has 0 spiro atoms. The number of primary amides is 1. The molecule has 0 bridgehead atoms. The highest BCUT2D eigenvalue weighted by Gasteiger charge is 2.15. The van der Waals surface area contributed by atoms with Gasteiger partial charge >= 0.3 is 0 Å². The smallest absolute Gasteiger partial charge is 0.249 e. The van der Waals surface area contributed by atoms with Crippen molar-refractivity contribution in [3.63, 3.8) is 0 Å². The molecule has 0 unspecified atom stereocenters. The third-order valence-corrected chi connectivity index (χ3v) is 3.67. The van der Waals surface area contributed by atoms with Crippen LogP contribution in [0.1, 0.15) is 23.2 Å². The molecule has 3 rings (SSSR count). The number of carbonyl (C=O) groups excluding carboxylic acids is 1. The first-order valence-corrected chi connectivity index (χ1v) is 6.91. The molecule has 104 valence electrons. The van der Waals surface area contributed by atoms with Crippen LogP contribution < -0.4 is 16.4 Å². The summed E-state index contributed by atoms with van der Waals surface area (Å²) in [5, 5.41) is 7.54. The van der Waals surface area contributed by atoms with E-state index in [2.05, 4.69) is 15.6 Å². The lowest BCUT2D eigenvalue weighted by Gasteiger charge is -2.24. The molecule has 4 N–H and O–H groups in total. The molecule has 0 saturated carbocycles. The number of nitrogens with zero attached hydrogens (tertiary/aromatic N) is 1. The molecule has 2 heterocycles. The van der Waals surface area contributed by atoms with Crippen LogP contribution >= 0.6 is 0 Å². The van der Waals surface area contributed by atoms with Crippen molar-refractivity contribution in [2.75, 3.05) is 18.4 Å². The summed E-state index contributed by atoms with van der Waals surface area (Å²) in [6.45, 7) is 2.02. The van der Waals surface area contributed by atoms with Gasteiger partial charge in [0.15, 0.2) is 0 Å². The first-order valence-electron chi connectivity index (χ1n) is 6.91. The van der Waals surface area contributed by atoms with Gasteiger partial charge in [0.05, 0.1) is 11.1 Å². The monoisotopic (exact) mass is 270 g/mol. The van der Waals surface area contributed by atoms with Gasteiger partial charge in [0.2, 0.25) is 5.91 Å². The van der Waals surface area contributed by atoms with E-state index in [9.17, 15) is 4.79 Å². The van der Waals surface area contributed by atoms with Crippen molar-refractivity contribution >= 4 is 22.6 Å². The summed E-state index contributed by atoms with van der Waals surface area (Å²) in [5.41, 5.74) is 6.79. The fraction of sp³-hybridized carbons (Fsp3) is 0.333. The quantitative estimate of drug-likeness (QED) is 0.789. The molecule has 0 atom stereocenters. The van der Waals surface area contributed by atoms with Crippen LogP contribution in [-0.4, -0.2) is 30.0 Å². The number of hydrogen-bond donors (Lipinski definition) is 3. The Balaban J connectivity index is 1.96. The molecule has 1 aromatic heterocycles. The van der Waals surface area contributed by atoms with Crippen molar-refractivity contribution in [3.8, 4) is 0 Å². The van der Waals surface area contributed by atoms with Crippen molar-refractivity contribution in [2.24, 2.45) is 5.73 Å². The Bertz CT molecular complexity index is 635. The zero-order valence-corrected chi connectivity index (χ0v) is 11.2. The second-order valence-electron chi connectivity index (χ2n) is 5.11. The molecule has 1 aromatic carbocycles. The summed E-state index contributed by atoms with van der Waals surface area (Å²) < 4.78 is 0. The molecule has 1 aliphatic heterocycles. The average molecular weight is 270 g/mol. The van der Waals surface area contributed by atoms with Crippen molar-refractivity contribution in [2.45, 2.75) is 18.9 Å². The number of fused-ring (bicyclic) bond motifs is 1. The van der Waals surface area contributed by atoms with Gasteiger partial charge in [-0.15, -0.1) is 0 Å². The zero-order valence-electron chi connectivity index (χ0n) is 11.2. The summed E-state index contributed by atoms with van der Waals surface area (Å²) >= 11 is 0. The van der Waals surface area contributed by atoms with E-state index in [1.54, 1.807) is 6.07 Å². The molecule has 1 fully saturated rings. The number of hydrogen-bond acceptors (Lipinski definition) is 4. The molecule has 1 amide bonds. The Morgan fingerprint density at radius 2 is 2.05 bits per heavy atom. The number of amides is 1. The second-order valence-corrected chi connectivity index (χ2v) is 5.11. The molecular weight excluding hydrogens is 252 g/mol. The van der Waals surface area contributed by atoms with E-state index in [0.29, 0.717) is 11.6 Å². The number of anilines is 1. The fourth-order valence-electron chi connectivity index (χ4n) is 2.63. The maximum atomic E-state index is 11.6. The van der Waals surface area contributed by atoms with Gasteiger partial charge in [0.1, 0.15) is 5.82 Å². The number of aromatic nitrogens is 1.